The normalized spacial score (nSPS) is 23.5. The van der Waals surface area contributed by atoms with Crippen molar-refractivity contribution >= 4 is 0 Å². The summed E-state index contributed by atoms with van der Waals surface area (Å²) in [6.45, 7) is 2.16. The van der Waals surface area contributed by atoms with Gasteiger partial charge in [0.2, 0.25) is 0 Å². The van der Waals surface area contributed by atoms with E-state index in [4.69, 9.17) is 5.84 Å². The van der Waals surface area contributed by atoms with E-state index in [1.807, 2.05) is 0 Å². The minimum Gasteiger partial charge on any atom is -0.271 e. The lowest BCUT2D eigenvalue weighted by molar-refractivity contribution is 0.306. The third-order valence-electron chi connectivity index (χ3n) is 2.70. The third kappa shape index (κ3) is 3.21. The van der Waals surface area contributed by atoms with Crippen LogP contribution in [0.15, 0.2) is 0 Å². The van der Waals surface area contributed by atoms with Gasteiger partial charge in [-0.25, -0.2) is 0 Å². The van der Waals surface area contributed by atoms with Gasteiger partial charge >= 0.3 is 0 Å². The molecule has 0 radical (unpaired) electrons. The first kappa shape index (κ1) is 9.01. The second kappa shape index (κ2) is 4.73. The Morgan fingerprint density at radius 3 is 2.55 bits per heavy atom. The fraction of sp³-hybridized carbons (Fsp3) is 1.00. The van der Waals surface area contributed by atoms with Gasteiger partial charge in [0, 0.05) is 6.04 Å². The molecular weight excluding hydrogens is 136 g/mol. The molecule has 1 fully saturated rings. The van der Waals surface area contributed by atoms with E-state index in [0.717, 1.165) is 5.92 Å². The third-order valence-corrected chi connectivity index (χ3v) is 2.70. The lowest BCUT2D eigenvalue weighted by Gasteiger charge is -2.24. The summed E-state index contributed by atoms with van der Waals surface area (Å²) in [4.78, 5) is 0. The Morgan fingerprint density at radius 2 is 2.00 bits per heavy atom. The van der Waals surface area contributed by atoms with Crippen LogP contribution in [0.25, 0.3) is 0 Å². The number of hydrogen-bond donors (Lipinski definition) is 2. The Hall–Kier alpha value is -0.0800. The van der Waals surface area contributed by atoms with Gasteiger partial charge in [-0.3, -0.25) is 11.3 Å². The van der Waals surface area contributed by atoms with Crippen LogP contribution in [0.4, 0.5) is 0 Å². The number of nitrogens with two attached hydrogens (primary N) is 1. The molecule has 1 unspecified atom stereocenters. The maximum Gasteiger partial charge on any atom is 0.0184 e. The molecule has 11 heavy (non-hydrogen) atoms. The van der Waals surface area contributed by atoms with Crippen LogP contribution in [0.5, 0.6) is 0 Å². The van der Waals surface area contributed by atoms with Gasteiger partial charge in [-0.1, -0.05) is 32.1 Å². The van der Waals surface area contributed by atoms with Crippen molar-refractivity contribution in [2.24, 2.45) is 11.8 Å². The maximum atomic E-state index is 5.34. The van der Waals surface area contributed by atoms with Gasteiger partial charge < -0.3 is 0 Å². The molecule has 0 saturated heterocycles. The Kier molecular flexibility index (Phi) is 3.87. The number of rotatable bonds is 3. The van der Waals surface area contributed by atoms with Crippen molar-refractivity contribution in [1.82, 2.24) is 5.43 Å². The van der Waals surface area contributed by atoms with E-state index in [-0.39, 0.29) is 0 Å². The molecule has 0 aromatic rings. The fourth-order valence-electron chi connectivity index (χ4n) is 1.99. The van der Waals surface area contributed by atoms with Gasteiger partial charge in [0.1, 0.15) is 0 Å². The molecule has 0 amide bonds. The zero-order valence-electron chi connectivity index (χ0n) is 7.47. The van der Waals surface area contributed by atoms with Gasteiger partial charge in [0.05, 0.1) is 0 Å². The van der Waals surface area contributed by atoms with E-state index in [1.165, 1.54) is 38.5 Å². The summed E-state index contributed by atoms with van der Waals surface area (Å²) in [6.07, 6.45) is 8.42. The summed E-state index contributed by atoms with van der Waals surface area (Å²) in [5, 5.41) is 0. The van der Waals surface area contributed by atoms with Crippen molar-refractivity contribution in [3.05, 3.63) is 0 Å². The van der Waals surface area contributed by atoms with Gasteiger partial charge in [0.15, 0.2) is 0 Å². The van der Waals surface area contributed by atoms with Gasteiger partial charge in [-0.15, -0.1) is 0 Å². The second-order valence-electron chi connectivity index (χ2n) is 3.81. The maximum absolute atomic E-state index is 5.34. The van der Waals surface area contributed by atoms with Crippen LogP contribution < -0.4 is 11.3 Å². The summed E-state index contributed by atoms with van der Waals surface area (Å²) in [5.41, 5.74) is 2.81. The molecule has 66 valence electrons. The van der Waals surface area contributed by atoms with Crippen LogP contribution in [-0.2, 0) is 0 Å². The van der Waals surface area contributed by atoms with Crippen molar-refractivity contribution in [2.45, 2.75) is 51.5 Å². The minimum atomic E-state index is 0.498. The van der Waals surface area contributed by atoms with E-state index in [2.05, 4.69) is 12.3 Å². The molecule has 0 spiro atoms. The lowest BCUT2D eigenvalue weighted by atomic mass is 9.85. The van der Waals surface area contributed by atoms with E-state index >= 15 is 0 Å². The van der Waals surface area contributed by atoms with Crippen LogP contribution in [0.2, 0.25) is 0 Å². The Morgan fingerprint density at radius 1 is 1.36 bits per heavy atom. The Bertz CT molecular complexity index is 97.7. The lowest BCUT2D eigenvalue weighted by Crippen LogP contribution is -2.34. The molecule has 1 atom stereocenters. The highest BCUT2D eigenvalue weighted by atomic mass is 15.2. The first-order valence-electron chi connectivity index (χ1n) is 4.79. The summed E-state index contributed by atoms with van der Waals surface area (Å²) >= 11 is 0. The summed E-state index contributed by atoms with van der Waals surface area (Å²) in [7, 11) is 0. The van der Waals surface area contributed by atoms with Crippen molar-refractivity contribution in [3.8, 4) is 0 Å². The number of hydrogen-bond acceptors (Lipinski definition) is 2. The predicted octanol–water partition coefficient (Wildman–Crippen LogP) is 1.81. The smallest absolute Gasteiger partial charge is 0.0184 e. The quantitative estimate of drug-likeness (QED) is 0.483. The highest BCUT2D eigenvalue weighted by molar-refractivity contribution is 4.70. The highest BCUT2D eigenvalue weighted by Crippen LogP contribution is 2.26. The fourth-order valence-corrected chi connectivity index (χ4v) is 1.99. The average molecular weight is 156 g/mol. The van der Waals surface area contributed by atoms with Crippen LogP contribution in [0.3, 0.4) is 0 Å². The molecule has 2 nitrogen and oxygen atoms in total. The molecule has 2 heteroatoms. The topological polar surface area (TPSA) is 38.0 Å². The number of nitrogens with one attached hydrogen (secondary N) is 1. The first-order chi connectivity index (χ1) is 5.33. The highest BCUT2D eigenvalue weighted by Gasteiger charge is 2.15. The average Bonchev–Trinajstić information content (AvgIpc) is 2.06. The molecule has 1 saturated carbocycles. The van der Waals surface area contributed by atoms with Crippen LogP contribution in [-0.4, -0.2) is 6.04 Å². The van der Waals surface area contributed by atoms with Crippen molar-refractivity contribution in [2.75, 3.05) is 0 Å². The monoisotopic (exact) mass is 156 g/mol. The van der Waals surface area contributed by atoms with Gasteiger partial charge in [0.25, 0.3) is 0 Å². The minimum absolute atomic E-state index is 0.498. The van der Waals surface area contributed by atoms with Gasteiger partial charge in [-0.2, -0.15) is 0 Å². The molecule has 1 aliphatic carbocycles. The first-order valence-corrected chi connectivity index (χ1v) is 4.79. The SMILES string of the molecule is CC(CC1CCCCC1)NN. The molecule has 1 aliphatic rings. The zero-order valence-corrected chi connectivity index (χ0v) is 7.47. The van der Waals surface area contributed by atoms with Crippen LogP contribution in [0, 0.1) is 5.92 Å². The van der Waals surface area contributed by atoms with Crippen LogP contribution in [0.1, 0.15) is 45.4 Å². The Balaban J connectivity index is 2.13. The number of hydrazine groups is 1. The van der Waals surface area contributed by atoms with Crippen molar-refractivity contribution in [3.63, 3.8) is 0 Å². The van der Waals surface area contributed by atoms with E-state index in [1.54, 1.807) is 0 Å². The van der Waals surface area contributed by atoms with Gasteiger partial charge in [-0.05, 0) is 19.3 Å². The summed E-state index contributed by atoms with van der Waals surface area (Å²) in [5.74, 6) is 6.28. The molecule has 0 aliphatic heterocycles. The molecular formula is C9H20N2. The van der Waals surface area contributed by atoms with E-state index < -0.39 is 0 Å². The molecule has 0 bridgehead atoms. The van der Waals surface area contributed by atoms with E-state index in [0.29, 0.717) is 6.04 Å². The zero-order chi connectivity index (χ0) is 8.10. The molecule has 1 rings (SSSR count). The van der Waals surface area contributed by atoms with Crippen LogP contribution >= 0.6 is 0 Å². The van der Waals surface area contributed by atoms with Crippen molar-refractivity contribution < 1.29 is 0 Å². The molecule has 0 heterocycles. The second-order valence-corrected chi connectivity index (χ2v) is 3.81. The predicted molar refractivity (Wildman–Crippen MR) is 48.0 cm³/mol. The van der Waals surface area contributed by atoms with Crippen molar-refractivity contribution in [1.29, 1.82) is 0 Å². The molecule has 3 N–H and O–H groups in total. The molecule has 0 aromatic heterocycles. The summed E-state index contributed by atoms with van der Waals surface area (Å²) in [6, 6.07) is 0.498. The van der Waals surface area contributed by atoms with E-state index in [9.17, 15) is 0 Å². The largest absolute Gasteiger partial charge is 0.271 e. The standard InChI is InChI=1S/C9H20N2/c1-8(11-10)7-9-5-3-2-4-6-9/h8-9,11H,2-7,10H2,1H3. The molecule has 0 aromatic carbocycles. The summed E-state index contributed by atoms with van der Waals surface area (Å²) < 4.78 is 0. The Labute approximate surface area is 69.5 Å².